The van der Waals surface area contributed by atoms with E-state index >= 15 is 0 Å². The zero-order chi connectivity index (χ0) is 14.8. The molecule has 1 amide bonds. The topological polar surface area (TPSA) is 67.0 Å². The molecule has 0 spiro atoms. The van der Waals surface area contributed by atoms with E-state index in [-0.39, 0.29) is 5.91 Å². The minimum Gasteiger partial charge on any atom is -0.495 e. The zero-order valence-electron chi connectivity index (χ0n) is 11.8. The summed E-state index contributed by atoms with van der Waals surface area (Å²) in [5.41, 5.74) is 1.70. The van der Waals surface area contributed by atoms with Crippen molar-refractivity contribution in [2.75, 3.05) is 12.4 Å². The van der Waals surface area contributed by atoms with E-state index in [1.807, 2.05) is 36.4 Å². The van der Waals surface area contributed by atoms with Gasteiger partial charge in [0.1, 0.15) is 5.75 Å². The van der Waals surface area contributed by atoms with Crippen molar-refractivity contribution in [3.63, 3.8) is 0 Å². The molecule has 106 valence electrons. The Labute approximate surface area is 122 Å². The Bertz CT molecular complexity index is 808. The molecular weight excluding hydrogens is 266 g/mol. The number of ether oxygens (including phenoxy) is 1. The van der Waals surface area contributed by atoms with Gasteiger partial charge in [0.05, 0.1) is 19.0 Å². The van der Waals surface area contributed by atoms with Crippen molar-refractivity contribution < 1.29 is 9.53 Å². The number of nitrogens with one attached hydrogen (secondary N) is 2. The number of fused-ring (bicyclic) bond motifs is 1. The smallest absolute Gasteiger partial charge is 0.223 e. The first kappa shape index (κ1) is 13.2. The molecule has 21 heavy (non-hydrogen) atoms. The molecule has 0 unspecified atom stereocenters. The molecule has 5 heteroatoms. The first-order valence-corrected chi connectivity index (χ1v) is 6.58. The quantitative estimate of drug-likeness (QED) is 0.774. The second kappa shape index (κ2) is 5.28. The maximum atomic E-state index is 11.1. The third-order valence-corrected chi connectivity index (χ3v) is 3.24. The second-order valence-corrected chi connectivity index (χ2v) is 4.69. The highest BCUT2D eigenvalue weighted by molar-refractivity contribution is 5.95. The predicted octanol–water partition coefficient (Wildman–Crippen LogP) is 3.20. The number of aromatic amines is 1. The summed E-state index contributed by atoms with van der Waals surface area (Å²) in [5.74, 6) is 1.04. The van der Waals surface area contributed by atoms with Crippen LogP contribution >= 0.6 is 0 Å². The van der Waals surface area contributed by atoms with Crippen molar-refractivity contribution in [3.05, 3.63) is 42.6 Å². The van der Waals surface area contributed by atoms with Gasteiger partial charge in [-0.15, -0.1) is 0 Å². The Morgan fingerprint density at radius 2 is 2.05 bits per heavy atom. The Morgan fingerprint density at radius 3 is 2.81 bits per heavy atom. The van der Waals surface area contributed by atoms with E-state index < -0.39 is 0 Å². The number of carbonyl (C=O) groups excluding carboxylic acids is 1. The Morgan fingerprint density at radius 1 is 1.24 bits per heavy atom. The van der Waals surface area contributed by atoms with Gasteiger partial charge in [-0.05, 0) is 11.5 Å². The minimum atomic E-state index is -0.165. The molecule has 0 aliphatic rings. The molecule has 0 aliphatic carbocycles. The maximum absolute atomic E-state index is 11.1. The summed E-state index contributed by atoms with van der Waals surface area (Å²) in [6.45, 7) is 1.44. The molecule has 1 aromatic heterocycles. The summed E-state index contributed by atoms with van der Waals surface area (Å²) in [7, 11) is 1.65. The summed E-state index contributed by atoms with van der Waals surface area (Å²) in [6.07, 6.45) is 1.68. The Kier molecular flexibility index (Phi) is 3.31. The predicted molar refractivity (Wildman–Crippen MR) is 82.4 cm³/mol. The summed E-state index contributed by atoms with van der Waals surface area (Å²) in [5, 5.41) is 4.77. The monoisotopic (exact) mass is 281 g/mol. The van der Waals surface area contributed by atoms with Gasteiger partial charge in [0.15, 0.2) is 0 Å². The number of aromatic nitrogens is 2. The molecule has 3 aromatic rings. The largest absolute Gasteiger partial charge is 0.495 e. The number of benzene rings is 2. The van der Waals surface area contributed by atoms with E-state index in [1.54, 1.807) is 13.3 Å². The highest BCUT2D eigenvalue weighted by Gasteiger charge is 2.12. The second-order valence-electron chi connectivity index (χ2n) is 4.69. The number of hydrogen-bond acceptors (Lipinski definition) is 3. The fourth-order valence-corrected chi connectivity index (χ4v) is 2.36. The van der Waals surface area contributed by atoms with Gasteiger partial charge in [-0.25, -0.2) is 4.98 Å². The SMILES string of the molecule is COc1c(-c2cnc(NC(C)=O)[nH]2)ccc2ccccc12. The lowest BCUT2D eigenvalue weighted by Gasteiger charge is -2.10. The van der Waals surface area contributed by atoms with E-state index in [0.29, 0.717) is 5.95 Å². The van der Waals surface area contributed by atoms with E-state index in [0.717, 1.165) is 27.8 Å². The number of carbonyl (C=O) groups is 1. The molecule has 0 atom stereocenters. The Hall–Kier alpha value is -2.82. The summed E-state index contributed by atoms with van der Waals surface area (Å²) >= 11 is 0. The van der Waals surface area contributed by atoms with Crippen molar-refractivity contribution in [2.24, 2.45) is 0 Å². The molecule has 2 aromatic carbocycles. The zero-order valence-corrected chi connectivity index (χ0v) is 11.8. The molecule has 3 rings (SSSR count). The van der Waals surface area contributed by atoms with Crippen LogP contribution in [0.5, 0.6) is 5.75 Å². The standard InChI is InChI=1S/C16H15N3O2/c1-10(20)18-16-17-9-14(19-16)13-8-7-11-5-3-4-6-12(11)15(13)21-2/h3-9H,1-2H3,(H2,17,18,19,20). The first-order valence-electron chi connectivity index (χ1n) is 6.58. The van der Waals surface area contributed by atoms with Gasteiger partial charge in [0.25, 0.3) is 0 Å². The average molecular weight is 281 g/mol. The fraction of sp³-hybridized carbons (Fsp3) is 0.125. The third kappa shape index (κ3) is 2.45. The minimum absolute atomic E-state index is 0.165. The fourth-order valence-electron chi connectivity index (χ4n) is 2.36. The number of nitrogens with zero attached hydrogens (tertiary/aromatic N) is 1. The van der Waals surface area contributed by atoms with Gasteiger partial charge in [0.2, 0.25) is 11.9 Å². The molecule has 5 nitrogen and oxygen atoms in total. The van der Waals surface area contributed by atoms with Crippen LogP contribution in [0.3, 0.4) is 0 Å². The summed E-state index contributed by atoms with van der Waals surface area (Å²) in [6, 6.07) is 12.0. The van der Waals surface area contributed by atoms with Crippen LogP contribution in [0.15, 0.2) is 42.6 Å². The van der Waals surface area contributed by atoms with Gasteiger partial charge in [-0.3, -0.25) is 10.1 Å². The number of methoxy groups -OCH3 is 1. The van der Waals surface area contributed by atoms with Crippen molar-refractivity contribution in [2.45, 2.75) is 6.92 Å². The number of H-pyrrole nitrogens is 1. The highest BCUT2D eigenvalue weighted by Crippen LogP contribution is 2.36. The average Bonchev–Trinajstić information content (AvgIpc) is 2.93. The third-order valence-electron chi connectivity index (χ3n) is 3.24. The van der Waals surface area contributed by atoms with E-state index in [1.165, 1.54) is 6.92 Å². The van der Waals surface area contributed by atoms with Crippen molar-refractivity contribution in [1.29, 1.82) is 0 Å². The van der Waals surface area contributed by atoms with Gasteiger partial charge in [-0.1, -0.05) is 30.3 Å². The molecule has 0 saturated carbocycles. The van der Waals surface area contributed by atoms with Crippen LogP contribution in [0, 0.1) is 0 Å². The van der Waals surface area contributed by atoms with Crippen LogP contribution in [-0.2, 0) is 4.79 Å². The van der Waals surface area contributed by atoms with Crippen LogP contribution < -0.4 is 10.1 Å². The van der Waals surface area contributed by atoms with Crippen LogP contribution in [0.2, 0.25) is 0 Å². The first-order chi connectivity index (χ1) is 10.2. The lowest BCUT2D eigenvalue weighted by atomic mass is 10.0. The van der Waals surface area contributed by atoms with Gasteiger partial charge >= 0.3 is 0 Å². The highest BCUT2D eigenvalue weighted by atomic mass is 16.5. The number of anilines is 1. The van der Waals surface area contributed by atoms with Crippen LogP contribution in [0.25, 0.3) is 22.0 Å². The number of amides is 1. The van der Waals surface area contributed by atoms with Crippen LogP contribution in [0.1, 0.15) is 6.92 Å². The summed E-state index contributed by atoms with van der Waals surface area (Å²) in [4.78, 5) is 18.3. The van der Waals surface area contributed by atoms with Gasteiger partial charge in [-0.2, -0.15) is 0 Å². The number of imidazole rings is 1. The molecule has 1 heterocycles. The lowest BCUT2D eigenvalue weighted by Crippen LogP contribution is -2.06. The van der Waals surface area contributed by atoms with E-state index in [2.05, 4.69) is 15.3 Å². The summed E-state index contributed by atoms with van der Waals surface area (Å²) < 4.78 is 5.57. The van der Waals surface area contributed by atoms with Crippen molar-refractivity contribution in [1.82, 2.24) is 9.97 Å². The van der Waals surface area contributed by atoms with Crippen LogP contribution in [0.4, 0.5) is 5.95 Å². The molecule has 0 aliphatic heterocycles. The number of hydrogen-bond donors (Lipinski definition) is 2. The van der Waals surface area contributed by atoms with Crippen molar-refractivity contribution >= 4 is 22.6 Å². The maximum Gasteiger partial charge on any atom is 0.223 e. The normalized spacial score (nSPS) is 10.6. The van der Waals surface area contributed by atoms with Gasteiger partial charge < -0.3 is 9.72 Å². The molecule has 0 saturated heterocycles. The lowest BCUT2D eigenvalue weighted by molar-refractivity contribution is -0.114. The molecule has 0 radical (unpaired) electrons. The van der Waals surface area contributed by atoms with Crippen molar-refractivity contribution in [3.8, 4) is 17.0 Å². The molecule has 2 N–H and O–H groups in total. The number of rotatable bonds is 3. The van der Waals surface area contributed by atoms with E-state index in [4.69, 9.17) is 4.74 Å². The van der Waals surface area contributed by atoms with Gasteiger partial charge in [0, 0.05) is 17.9 Å². The molecular formula is C16H15N3O2. The molecule has 0 bridgehead atoms. The van der Waals surface area contributed by atoms with E-state index in [9.17, 15) is 4.79 Å². The van der Waals surface area contributed by atoms with Crippen LogP contribution in [-0.4, -0.2) is 23.0 Å². The molecule has 0 fully saturated rings. The Balaban J connectivity index is 2.11.